The van der Waals surface area contributed by atoms with E-state index in [1.807, 2.05) is 0 Å². The van der Waals surface area contributed by atoms with Crippen LogP contribution >= 0.6 is 0 Å². The summed E-state index contributed by atoms with van der Waals surface area (Å²) in [7, 11) is 0. The second kappa shape index (κ2) is 5.62. The molecule has 1 saturated heterocycles. The van der Waals surface area contributed by atoms with E-state index in [1.165, 1.54) is 0 Å². The third-order valence-corrected chi connectivity index (χ3v) is 1.86. The van der Waals surface area contributed by atoms with Crippen molar-refractivity contribution in [1.29, 1.82) is 0 Å². The molecule has 7 nitrogen and oxygen atoms in total. The van der Waals surface area contributed by atoms with Gasteiger partial charge in [-0.2, -0.15) is 0 Å². The van der Waals surface area contributed by atoms with Crippen molar-refractivity contribution in [2.24, 2.45) is 0 Å². The van der Waals surface area contributed by atoms with E-state index >= 15 is 0 Å². The maximum absolute atomic E-state index is 11.1. The van der Waals surface area contributed by atoms with Crippen molar-refractivity contribution in [1.82, 2.24) is 0 Å². The SMILES string of the molecule is [2H]CC(=O)OC1OC[C@@H](OC(=O)C[2H])[C@H]1OC(=O)C[2H]. The molecule has 1 aliphatic rings. The minimum atomic E-state index is -1.30. The summed E-state index contributed by atoms with van der Waals surface area (Å²) in [4.78, 5) is 33.3. The highest BCUT2D eigenvalue weighted by molar-refractivity contribution is 5.68. The van der Waals surface area contributed by atoms with Crippen molar-refractivity contribution in [3.8, 4) is 0 Å². The lowest BCUT2D eigenvalue weighted by Gasteiger charge is -2.21. The Bertz CT molecular complexity index is 350. The zero-order valence-corrected chi connectivity index (χ0v) is 8.92. The Balaban J connectivity index is 2.72. The first-order valence-corrected chi connectivity index (χ1v) is 4.59. The van der Waals surface area contributed by atoms with Gasteiger partial charge in [0.1, 0.15) is 0 Å². The number of carbonyl (C=O) groups excluding carboxylic acids is 3. The predicted octanol–water partition coefficient (Wildman–Crippen LogP) is -0.231. The molecule has 1 rings (SSSR count). The Morgan fingerprint density at radius 2 is 1.65 bits per heavy atom. The van der Waals surface area contributed by atoms with Gasteiger partial charge < -0.3 is 18.9 Å². The van der Waals surface area contributed by atoms with E-state index in [9.17, 15) is 14.4 Å². The first kappa shape index (κ1) is 9.41. The van der Waals surface area contributed by atoms with Gasteiger partial charge in [-0.15, -0.1) is 0 Å². The molecule has 17 heavy (non-hydrogen) atoms. The fourth-order valence-electron chi connectivity index (χ4n) is 1.34. The van der Waals surface area contributed by atoms with Crippen molar-refractivity contribution in [3.63, 3.8) is 0 Å². The van der Waals surface area contributed by atoms with Gasteiger partial charge in [0.05, 0.1) is 6.61 Å². The Hall–Kier alpha value is -1.63. The lowest BCUT2D eigenvalue weighted by molar-refractivity contribution is -0.192. The summed E-state index contributed by atoms with van der Waals surface area (Å²) in [5.41, 5.74) is 0. The fraction of sp³-hybridized carbons (Fsp3) is 0.700. The van der Waals surface area contributed by atoms with Crippen molar-refractivity contribution >= 4 is 17.9 Å². The van der Waals surface area contributed by atoms with E-state index in [2.05, 4.69) is 0 Å². The quantitative estimate of drug-likeness (QED) is 0.504. The monoisotopic (exact) mass is 249 g/mol. The molecule has 0 saturated carbocycles. The Labute approximate surface area is 102 Å². The van der Waals surface area contributed by atoms with Crippen LogP contribution in [0.4, 0.5) is 0 Å². The third kappa shape index (κ3) is 4.03. The van der Waals surface area contributed by atoms with Gasteiger partial charge in [0.25, 0.3) is 0 Å². The second-order valence-corrected chi connectivity index (χ2v) is 3.17. The highest BCUT2D eigenvalue weighted by atomic mass is 16.7. The highest BCUT2D eigenvalue weighted by Gasteiger charge is 2.44. The molecule has 0 aromatic heterocycles. The molecule has 1 aliphatic heterocycles. The van der Waals surface area contributed by atoms with Gasteiger partial charge in [-0.25, -0.2) is 0 Å². The molecule has 0 aromatic rings. The van der Waals surface area contributed by atoms with E-state index in [1.54, 1.807) is 0 Å². The molecule has 0 radical (unpaired) electrons. The van der Waals surface area contributed by atoms with Crippen LogP contribution in [-0.4, -0.2) is 43.0 Å². The van der Waals surface area contributed by atoms with Gasteiger partial charge >= 0.3 is 17.9 Å². The molecule has 96 valence electrons. The van der Waals surface area contributed by atoms with Crippen LogP contribution in [0.3, 0.4) is 0 Å². The largest absolute Gasteiger partial charge is 0.456 e. The third-order valence-electron chi connectivity index (χ3n) is 1.86. The Morgan fingerprint density at radius 1 is 1.06 bits per heavy atom. The average molecular weight is 249 g/mol. The molecular formula is C10H14O7. The van der Waals surface area contributed by atoms with Crippen LogP contribution < -0.4 is 0 Å². The lowest BCUT2D eigenvalue weighted by Crippen LogP contribution is -2.39. The molecule has 1 fully saturated rings. The molecule has 0 bridgehead atoms. The predicted molar refractivity (Wildman–Crippen MR) is 52.6 cm³/mol. The summed E-state index contributed by atoms with van der Waals surface area (Å²) in [6.07, 6.45) is -3.53. The van der Waals surface area contributed by atoms with Crippen molar-refractivity contribution in [2.45, 2.75) is 39.2 Å². The smallest absolute Gasteiger partial charge is 0.305 e. The van der Waals surface area contributed by atoms with Crippen molar-refractivity contribution in [3.05, 3.63) is 0 Å². The lowest BCUT2D eigenvalue weighted by atomic mass is 10.2. The number of ether oxygens (including phenoxy) is 4. The number of hydrogen-bond donors (Lipinski definition) is 0. The molecule has 3 atom stereocenters. The van der Waals surface area contributed by atoms with Crippen LogP contribution in [0.5, 0.6) is 0 Å². The fourth-order valence-corrected chi connectivity index (χ4v) is 1.34. The number of carbonyl (C=O) groups is 3. The first-order chi connectivity index (χ1) is 9.51. The molecule has 7 heteroatoms. The van der Waals surface area contributed by atoms with E-state index in [-0.39, 0.29) is 6.61 Å². The summed E-state index contributed by atoms with van der Waals surface area (Å²) in [6, 6.07) is 0. The Morgan fingerprint density at radius 3 is 2.29 bits per heavy atom. The average Bonchev–Trinajstić information content (AvgIpc) is 2.80. The molecule has 1 heterocycles. The van der Waals surface area contributed by atoms with Crippen LogP contribution in [0.15, 0.2) is 0 Å². The molecule has 0 spiro atoms. The summed E-state index contributed by atoms with van der Waals surface area (Å²) in [5.74, 6) is -2.65. The van der Waals surface area contributed by atoms with Crippen LogP contribution in [0, 0.1) is 0 Å². The van der Waals surface area contributed by atoms with Gasteiger partial charge in [-0.3, -0.25) is 14.4 Å². The van der Waals surface area contributed by atoms with Gasteiger partial charge in [0, 0.05) is 24.8 Å². The number of rotatable bonds is 3. The molecule has 0 aromatic carbocycles. The molecule has 0 amide bonds. The summed E-state index contributed by atoms with van der Waals surface area (Å²) in [6.45, 7) is -2.10. The van der Waals surface area contributed by atoms with Crippen molar-refractivity contribution in [2.75, 3.05) is 6.61 Å². The van der Waals surface area contributed by atoms with E-state index in [0.29, 0.717) is 0 Å². The summed E-state index contributed by atoms with van der Waals surface area (Å²) >= 11 is 0. The van der Waals surface area contributed by atoms with Gasteiger partial charge in [0.15, 0.2) is 6.10 Å². The highest BCUT2D eigenvalue weighted by Crippen LogP contribution is 2.22. The van der Waals surface area contributed by atoms with Crippen LogP contribution in [-0.2, 0) is 33.3 Å². The van der Waals surface area contributed by atoms with E-state index in [4.69, 9.17) is 23.1 Å². The topological polar surface area (TPSA) is 88.1 Å². The van der Waals surface area contributed by atoms with Gasteiger partial charge in [0.2, 0.25) is 12.4 Å². The van der Waals surface area contributed by atoms with E-state index in [0.717, 1.165) is 0 Å². The zero-order chi connectivity index (χ0) is 15.1. The minimum absolute atomic E-state index is 0.183. The number of hydrogen-bond acceptors (Lipinski definition) is 7. The van der Waals surface area contributed by atoms with Crippen LogP contribution in [0.2, 0.25) is 0 Å². The van der Waals surface area contributed by atoms with E-state index < -0.39 is 57.1 Å². The first-order valence-electron chi connectivity index (χ1n) is 6.71. The minimum Gasteiger partial charge on any atom is -0.456 e. The van der Waals surface area contributed by atoms with Crippen molar-refractivity contribution < 1.29 is 37.4 Å². The molecule has 0 N–H and O–H groups in total. The number of esters is 3. The maximum Gasteiger partial charge on any atom is 0.305 e. The maximum atomic E-state index is 11.1. The normalized spacial score (nSPS) is 29.6. The standard InChI is InChI=1S/C10H14O7/c1-5(11)15-8-4-14-10(17-7(3)13)9(8)16-6(2)12/h8-10H,4H2,1-3H3/t8-,9-,10?/m1/s1/i1D,2D,3D. The zero-order valence-electron chi connectivity index (χ0n) is 11.9. The van der Waals surface area contributed by atoms with Gasteiger partial charge in [-0.1, -0.05) is 0 Å². The summed E-state index contributed by atoms with van der Waals surface area (Å²) in [5, 5.41) is 0. The van der Waals surface area contributed by atoms with Crippen LogP contribution in [0.25, 0.3) is 0 Å². The van der Waals surface area contributed by atoms with Crippen LogP contribution in [0.1, 0.15) is 24.8 Å². The molecular weight excluding hydrogens is 232 g/mol. The summed E-state index contributed by atoms with van der Waals surface area (Å²) < 4.78 is 40.0. The van der Waals surface area contributed by atoms with Gasteiger partial charge in [-0.05, 0) is 0 Å². The molecule has 1 unspecified atom stereocenters. The second-order valence-electron chi connectivity index (χ2n) is 3.17. The molecule has 0 aliphatic carbocycles. The Kier molecular flexibility index (Phi) is 3.11.